The van der Waals surface area contributed by atoms with E-state index in [2.05, 4.69) is 86.0 Å². The number of carbonyl (C=O) groups excluding carboxylic acids is 4. The highest BCUT2D eigenvalue weighted by Gasteiger charge is 2.68. The molecule has 8 heteroatoms. The lowest BCUT2D eigenvalue weighted by molar-refractivity contribution is -0.140. The van der Waals surface area contributed by atoms with Crippen LogP contribution in [0, 0.1) is 166 Å². The fourth-order valence-corrected chi connectivity index (χ4v) is 28.0. The standard InChI is InChI=1S/C24H34O2.2C23H32O2.C22H30O2/c1-4-6-15-26-24(5-2)14-12-22-21-9-7-17-16-18(25)8-10-19(17)20(21)11-13-23(22,24)3;1-5-23(25-15(2)3)13-11-21-20-8-6-16-14-17(24)7-9-18(16)19(20)10-12-22(21,23)4;1-4-14-25-23(5-2)13-11-21-20-8-6-16-15-17(24)7-9-18(16)19(20)10-12-22(21,23)3;1-4-22(24-5-2)13-11-20-19-8-6-15-14-16(23)7-9-17(15)18(19)10-12-21(20,22)3/h2,16,19-22H,4,6-15H2,1,3H3;1,14-15,18-21H,6-13H2,2-4H3;2,15,18-21H,4,6-14H2,1,3H3;1,14,17-20H,5-13H2,2-3H3/t19?,20?,21?,22?,23-,24-;2*18?,19?,20?,21?,22-,23-;17?,18?,19?,20?,21-,22-/m0000/s1. The molecule has 0 aromatic rings. The number of unbranched alkanes of at least 4 members (excludes halogenated alkanes) is 1. The summed E-state index contributed by atoms with van der Waals surface area (Å²) in [6.07, 6.45) is 71.2. The van der Waals surface area contributed by atoms with Crippen molar-refractivity contribution < 1.29 is 38.1 Å². The molecule has 8 nitrogen and oxygen atoms in total. The number of ether oxygens (including phenoxy) is 4. The smallest absolute Gasteiger partial charge is 0.155 e. The number of carbonyl (C=O) groups is 4. The van der Waals surface area contributed by atoms with E-state index in [1.165, 1.54) is 125 Å². The summed E-state index contributed by atoms with van der Waals surface area (Å²) in [5.74, 6) is 25.5. The average Bonchev–Trinajstić information content (AvgIpc) is 1.53. The summed E-state index contributed by atoms with van der Waals surface area (Å²) in [5.41, 5.74) is 4.91. The summed E-state index contributed by atoms with van der Waals surface area (Å²) < 4.78 is 25.5. The largest absolute Gasteiger partial charge is 0.362 e. The van der Waals surface area contributed by atoms with Crippen molar-refractivity contribution in [2.75, 3.05) is 19.8 Å². The van der Waals surface area contributed by atoms with Crippen LogP contribution in [0.2, 0.25) is 0 Å². The molecule has 0 spiro atoms. The molecule has 16 aliphatic rings. The third-order valence-electron chi connectivity index (χ3n) is 32.8. The monoisotopic (exact) mass is 1360 g/mol. The van der Waals surface area contributed by atoms with E-state index in [0.29, 0.717) is 77.1 Å². The van der Waals surface area contributed by atoms with Crippen LogP contribution in [0.25, 0.3) is 0 Å². The van der Waals surface area contributed by atoms with Gasteiger partial charge in [0.2, 0.25) is 0 Å². The molecule has 12 fully saturated rings. The van der Waals surface area contributed by atoms with Crippen LogP contribution in [0.4, 0.5) is 0 Å². The maximum Gasteiger partial charge on any atom is 0.155 e. The molecule has 0 aromatic carbocycles. The lowest BCUT2D eigenvalue weighted by atomic mass is 9.50. The first-order chi connectivity index (χ1) is 48.0. The van der Waals surface area contributed by atoms with Gasteiger partial charge in [0.05, 0.1) is 6.10 Å². The molecular weight excluding hydrogens is 1230 g/mol. The van der Waals surface area contributed by atoms with Crippen LogP contribution >= 0.6 is 0 Å². The quantitative estimate of drug-likeness (QED) is 0.149. The Morgan fingerprint density at radius 2 is 0.650 bits per heavy atom. The summed E-state index contributed by atoms with van der Waals surface area (Å²) in [6, 6.07) is 0. The van der Waals surface area contributed by atoms with Gasteiger partial charge in [-0.15, -0.1) is 25.7 Å². The topological polar surface area (TPSA) is 105 Å². The highest BCUT2D eigenvalue weighted by atomic mass is 16.5. The van der Waals surface area contributed by atoms with Gasteiger partial charge in [0, 0.05) is 67.2 Å². The van der Waals surface area contributed by atoms with Crippen molar-refractivity contribution in [1.29, 1.82) is 0 Å². The Balaban J connectivity index is 0.000000120. The van der Waals surface area contributed by atoms with Crippen LogP contribution in [0.3, 0.4) is 0 Å². The molecule has 0 amide bonds. The number of hydrogen-bond donors (Lipinski definition) is 0. The fraction of sp³-hybridized carbons (Fsp3) is 0.783. The molecule has 24 atom stereocenters. The predicted molar refractivity (Wildman–Crippen MR) is 400 cm³/mol. The van der Waals surface area contributed by atoms with Gasteiger partial charge in [0.25, 0.3) is 0 Å². The summed E-state index contributed by atoms with van der Waals surface area (Å²) in [6.45, 7) is 22.6. The second-order valence-corrected chi connectivity index (χ2v) is 36.7. The van der Waals surface area contributed by atoms with Crippen molar-refractivity contribution in [3.8, 4) is 49.4 Å². The normalized spacial score (nSPS) is 45.9. The van der Waals surface area contributed by atoms with E-state index in [1.807, 2.05) is 24.3 Å². The van der Waals surface area contributed by atoms with Gasteiger partial charge in [0.15, 0.2) is 23.1 Å². The van der Waals surface area contributed by atoms with Crippen LogP contribution in [0.1, 0.15) is 287 Å². The minimum atomic E-state index is -0.380. The van der Waals surface area contributed by atoms with Crippen LogP contribution < -0.4 is 0 Å². The molecule has 16 aliphatic carbocycles. The summed E-state index contributed by atoms with van der Waals surface area (Å²) in [4.78, 5) is 47.3. The van der Waals surface area contributed by atoms with Crippen molar-refractivity contribution in [2.24, 2.45) is 116 Å². The molecule has 0 aromatic heterocycles. The van der Waals surface area contributed by atoms with E-state index in [1.54, 1.807) is 0 Å². The number of ketones is 4. The van der Waals surface area contributed by atoms with Gasteiger partial charge < -0.3 is 18.9 Å². The minimum Gasteiger partial charge on any atom is -0.362 e. The van der Waals surface area contributed by atoms with Gasteiger partial charge in [0.1, 0.15) is 22.4 Å². The fourth-order valence-electron chi connectivity index (χ4n) is 28.0. The number of rotatable bonds is 11. The molecular formula is C92H128O8. The Bertz CT molecular complexity index is 3400. The third-order valence-corrected chi connectivity index (χ3v) is 32.8. The third kappa shape index (κ3) is 12.3. The molecule has 16 unspecified atom stereocenters. The molecule has 0 aliphatic heterocycles. The first kappa shape index (κ1) is 74.0. The first-order valence-corrected chi connectivity index (χ1v) is 41.5. The zero-order valence-corrected chi connectivity index (χ0v) is 63.6. The Hall–Kier alpha value is -4.28. The lowest BCUT2D eigenvalue weighted by Crippen LogP contribution is -2.53. The van der Waals surface area contributed by atoms with Crippen molar-refractivity contribution in [3.05, 3.63) is 46.6 Å². The maximum atomic E-state index is 11.8. The molecule has 0 radical (unpaired) electrons. The van der Waals surface area contributed by atoms with Crippen molar-refractivity contribution >= 4 is 23.1 Å². The second kappa shape index (κ2) is 29.2. The number of fused-ring (bicyclic) bond motifs is 20. The van der Waals surface area contributed by atoms with E-state index in [4.69, 9.17) is 44.6 Å². The SMILES string of the molecule is C#C[C@]1(OC(C)C)CCC2C3CCC4=CC(=O)CCC4C3CC[C@@]21C.C#C[C@]1(OCC)CCC2C3CCC4=CC(=O)CCC4C3CC[C@@]21C.C#C[C@]1(OCCC)CCC2C3CCC4=CC(=O)CCC4C3CC[C@@]21C.C#C[C@]1(OCCCC)CCC2C3CCC4=CC(=O)CCC4C3CC[C@@]21C. The lowest BCUT2D eigenvalue weighted by Gasteiger charge is -2.55. The average molecular weight is 1360 g/mol. The first-order valence-electron chi connectivity index (χ1n) is 41.5. The highest BCUT2D eigenvalue weighted by Crippen LogP contribution is 2.70. The second-order valence-electron chi connectivity index (χ2n) is 36.7. The van der Waals surface area contributed by atoms with Gasteiger partial charge in [-0.3, -0.25) is 19.2 Å². The number of hydrogen-bond acceptors (Lipinski definition) is 8. The van der Waals surface area contributed by atoms with Crippen LogP contribution in [0.5, 0.6) is 0 Å². The van der Waals surface area contributed by atoms with Crippen LogP contribution in [-0.4, -0.2) is 71.5 Å². The van der Waals surface area contributed by atoms with Crippen molar-refractivity contribution in [1.82, 2.24) is 0 Å². The van der Waals surface area contributed by atoms with Crippen molar-refractivity contribution in [3.63, 3.8) is 0 Å². The molecule has 12 saturated carbocycles. The summed E-state index contributed by atoms with van der Waals surface area (Å²) >= 11 is 0. The molecule has 0 heterocycles. The molecule has 0 N–H and O–H groups in total. The van der Waals surface area contributed by atoms with E-state index < -0.39 is 0 Å². The Labute approximate surface area is 605 Å². The summed E-state index contributed by atoms with van der Waals surface area (Å²) in [7, 11) is 0. The zero-order chi connectivity index (χ0) is 70.8. The molecule has 544 valence electrons. The van der Waals surface area contributed by atoms with E-state index in [9.17, 15) is 19.2 Å². The predicted octanol–water partition coefficient (Wildman–Crippen LogP) is 19.7. The van der Waals surface area contributed by atoms with E-state index in [-0.39, 0.29) is 50.2 Å². The van der Waals surface area contributed by atoms with E-state index >= 15 is 0 Å². The van der Waals surface area contributed by atoms with Crippen LogP contribution in [0.15, 0.2) is 46.6 Å². The van der Waals surface area contributed by atoms with Gasteiger partial charge in [-0.25, -0.2) is 0 Å². The van der Waals surface area contributed by atoms with Gasteiger partial charge in [-0.1, -0.05) is 93.9 Å². The number of allylic oxidation sites excluding steroid dienone is 4. The Morgan fingerprint density at radius 3 is 0.930 bits per heavy atom. The van der Waals surface area contributed by atoms with Gasteiger partial charge >= 0.3 is 0 Å². The van der Waals surface area contributed by atoms with Crippen LogP contribution in [-0.2, 0) is 38.1 Å². The maximum absolute atomic E-state index is 11.8. The minimum absolute atomic E-state index is 0.110. The zero-order valence-electron chi connectivity index (χ0n) is 63.6. The summed E-state index contributed by atoms with van der Waals surface area (Å²) in [5, 5.41) is 0. The molecule has 16 rings (SSSR count). The highest BCUT2D eigenvalue weighted by molar-refractivity contribution is 5.93. The molecule has 0 bridgehead atoms. The Morgan fingerprint density at radius 1 is 0.360 bits per heavy atom. The van der Waals surface area contributed by atoms with E-state index in [0.717, 1.165) is 183 Å². The van der Waals surface area contributed by atoms with Gasteiger partial charge in [-0.2, -0.15) is 0 Å². The van der Waals surface area contributed by atoms with Crippen molar-refractivity contribution in [2.45, 2.75) is 316 Å². The molecule has 100 heavy (non-hydrogen) atoms. The van der Waals surface area contributed by atoms with Gasteiger partial charge in [-0.05, 0) is 332 Å². The molecule has 0 saturated heterocycles. The number of terminal acetylenes is 4. The Kier molecular flexibility index (Phi) is 21.6.